The Balaban J connectivity index is 1.59. The van der Waals surface area contributed by atoms with Crippen LogP contribution in [0.3, 0.4) is 0 Å². The molecule has 4 nitrogen and oxygen atoms in total. The van der Waals surface area contributed by atoms with Crippen molar-refractivity contribution in [1.82, 2.24) is 0 Å². The van der Waals surface area contributed by atoms with E-state index in [4.69, 9.17) is 4.74 Å². The van der Waals surface area contributed by atoms with Crippen LogP contribution in [0.5, 0.6) is 5.75 Å². The number of carbonyl (C=O) groups excluding carboxylic acids is 1. The first kappa shape index (κ1) is 17.8. The predicted molar refractivity (Wildman–Crippen MR) is 108 cm³/mol. The molecule has 138 valence electrons. The molecule has 0 aromatic heterocycles. The molecule has 0 radical (unpaired) electrons. The minimum absolute atomic E-state index is 0.0304. The fourth-order valence-corrected chi connectivity index (χ4v) is 3.68. The van der Waals surface area contributed by atoms with Gasteiger partial charge in [-0.2, -0.15) is 5.26 Å². The molecule has 0 aliphatic carbocycles. The van der Waals surface area contributed by atoms with Crippen molar-refractivity contribution in [3.63, 3.8) is 0 Å². The smallest absolute Gasteiger partial charge is 0.228 e. The highest BCUT2D eigenvalue weighted by Crippen LogP contribution is 2.42. The zero-order chi connectivity index (χ0) is 19.4. The first-order valence-corrected chi connectivity index (χ1v) is 9.29. The number of ether oxygens (including phenoxy) is 1. The van der Waals surface area contributed by atoms with E-state index in [2.05, 4.69) is 6.07 Å². The van der Waals surface area contributed by atoms with E-state index in [0.717, 1.165) is 22.6 Å². The van der Waals surface area contributed by atoms with E-state index in [1.165, 1.54) is 0 Å². The number of nitriles is 1. The van der Waals surface area contributed by atoms with Crippen molar-refractivity contribution in [2.45, 2.75) is 25.0 Å². The second-order valence-electron chi connectivity index (χ2n) is 6.84. The molecule has 0 spiro atoms. The van der Waals surface area contributed by atoms with Crippen LogP contribution in [0.15, 0.2) is 84.9 Å². The van der Waals surface area contributed by atoms with Gasteiger partial charge in [0.1, 0.15) is 12.4 Å². The Kier molecular flexibility index (Phi) is 4.82. The number of nitrogens with zero attached hydrogens (tertiary/aromatic N) is 2. The van der Waals surface area contributed by atoms with E-state index >= 15 is 0 Å². The molecule has 4 heteroatoms. The van der Waals surface area contributed by atoms with Gasteiger partial charge in [-0.25, -0.2) is 0 Å². The van der Waals surface area contributed by atoms with Crippen LogP contribution >= 0.6 is 0 Å². The lowest BCUT2D eigenvalue weighted by molar-refractivity contribution is -0.117. The molecule has 1 fully saturated rings. The van der Waals surface area contributed by atoms with Crippen LogP contribution in [0.25, 0.3) is 0 Å². The van der Waals surface area contributed by atoms with Gasteiger partial charge in [-0.1, -0.05) is 60.7 Å². The van der Waals surface area contributed by atoms with Gasteiger partial charge in [-0.3, -0.25) is 9.69 Å². The number of hydrogen-bond acceptors (Lipinski definition) is 3. The Bertz CT molecular complexity index is 994. The summed E-state index contributed by atoms with van der Waals surface area (Å²) in [7, 11) is 0. The monoisotopic (exact) mass is 368 g/mol. The topological polar surface area (TPSA) is 53.3 Å². The zero-order valence-corrected chi connectivity index (χ0v) is 15.4. The molecular weight excluding hydrogens is 348 g/mol. The molecule has 1 aliphatic heterocycles. The lowest BCUT2D eigenvalue weighted by Crippen LogP contribution is -2.42. The first-order valence-electron chi connectivity index (χ1n) is 9.29. The predicted octanol–water partition coefficient (Wildman–Crippen LogP) is 4.81. The average molecular weight is 368 g/mol. The summed E-state index contributed by atoms with van der Waals surface area (Å²) in [5, 5.41) is 10.1. The highest BCUT2D eigenvalue weighted by atomic mass is 16.5. The van der Waals surface area contributed by atoms with E-state index in [1.54, 1.807) is 4.90 Å². The maximum absolute atomic E-state index is 12.6. The van der Waals surface area contributed by atoms with Crippen LogP contribution in [-0.2, 0) is 16.9 Å². The third kappa shape index (κ3) is 3.23. The van der Waals surface area contributed by atoms with E-state index < -0.39 is 5.54 Å². The maximum Gasteiger partial charge on any atom is 0.228 e. The molecule has 0 N–H and O–H groups in total. The summed E-state index contributed by atoms with van der Waals surface area (Å²) in [6, 6.07) is 29.3. The summed E-state index contributed by atoms with van der Waals surface area (Å²) < 4.78 is 5.85. The van der Waals surface area contributed by atoms with Crippen LogP contribution in [0.2, 0.25) is 0 Å². The molecular formula is C24H20N2O2. The van der Waals surface area contributed by atoms with Gasteiger partial charge in [0.05, 0.1) is 6.07 Å². The van der Waals surface area contributed by atoms with Gasteiger partial charge >= 0.3 is 0 Å². The quantitative estimate of drug-likeness (QED) is 0.649. The molecule has 1 atom stereocenters. The highest BCUT2D eigenvalue weighted by molar-refractivity contribution is 5.98. The molecule has 1 saturated heterocycles. The van der Waals surface area contributed by atoms with Crippen molar-refractivity contribution in [1.29, 1.82) is 5.26 Å². The number of para-hydroxylation sites is 1. The summed E-state index contributed by atoms with van der Waals surface area (Å²) in [6.07, 6.45) is 0.830. The Morgan fingerprint density at radius 3 is 2.21 bits per heavy atom. The van der Waals surface area contributed by atoms with Crippen molar-refractivity contribution in [2.75, 3.05) is 4.90 Å². The SMILES string of the molecule is N#C[C@@]1(c2ccc(OCc3ccccc3)cc2)CCC(=O)N1c1ccccc1. The van der Waals surface area contributed by atoms with Crippen molar-refractivity contribution < 1.29 is 9.53 Å². The Morgan fingerprint density at radius 2 is 1.57 bits per heavy atom. The zero-order valence-electron chi connectivity index (χ0n) is 15.4. The number of anilines is 1. The van der Waals surface area contributed by atoms with Crippen molar-refractivity contribution in [2.24, 2.45) is 0 Å². The lowest BCUT2D eigenvalue weighted by Gasteiger charge is -2.33. The van der Waals surface area contributed by atoms with Crippen molar-refractivity contribution in [3.8, 4) is 11.8 Å². The molecule has 3 aromatic rings. The van der Waals surface area contributed by atoms with Crippen LogP contribution in [0, 0.1) is 11.3 Å². The molecule has 4 rings (SSSR count). The van der Waals surface area contributed by atoms with E-state index in [9.17, 15) is 10.1 Å². The number of benzene rings is 3. The number of carbonyl (C=O) groups is 1. The lowest BCUT2D eigenvalue weighted by atomic mass is 9.88. The molecule has 0 bridgehead atoms. The molecule has 1 heterocycles. The molecule has 1 aliphatic rings. The van der Waals surface area contributed by atoms with Crippen LogP contribution < -0.4 is 9.64 Å². The summed E-state index contributed by atoms with van der Waals surface area (Å²) in [5.74, 6) is 0.702. The highest BCUT2D eigenvalue weighted by Gasteiger charge is 2.48. The Labute approximate surface area is 164 Å². The third-order valence-electron chi connectivity index (χ3n) is 5.11. The summed E-state index contributed by atoms with van der Waals surface area (Å²) in [4.78, 5) is 14.2. The normalized spacial score (nSPS) is 18.7. The van der Waals surface area contributed by atoms with E-state index in [1.807, 2.05) is 84.9 Å². The van der Waals surface area contributed by atoms with E-state index in [0.29, 0.717) is 19.4 Å². The van der Waals surface area contributed by atoms with Gasteiger partial charge in [0, 0.05) is 12.1 Å². The summed E-state index contributed by atoms with van der Waals surface area (Å²) in [5.41, 5.74) is 1.65. The minimum Gasteiger partial charge on any atom is -0.489 e. The fraction of sp³-hybridized carbons (Fsp3) is 0.167. The Morgan fingerprint density at radius 1 is 0.929 bits per heavy atom. The molecule has 0 saturated carbocycles. The van der Waals surface area contributed by atoms with Crippen molar-refractivity contribution in [3.05, 3.63) is 96.1 Å². The minimum atomic E-state index is -0.990. The average Bonchev–Trinajstić information content (AvgIpc) is 3.11. The van der Waals surface area contributed by atoms with E-state index in [-0.39, 0.29) is 5.91 Å². The van der Waals surface area contributed by atoms with Crippen LogP contribution in [0.4, 0.5) is 5.69 Å². The Hall–Kier alpha value is -3.58. The maximum atomic E-state index is 12.6. The molecule has 1 amide bonds. The fourth-order valence-electron chi connectivity index (χ4n) is 3.68. The van der Waals surface area contributed by atoms with Crippen molar-refractivity contribution >= 4 is 11.6 Å². The molecule has 3 aromatic carbocycles. The van der Waals surface area contributed by atoms with Gasteiger partial charge in [0.25, 0.3) is 0 Å². The first-order chi connectivity index (χ1) is 13.7. The van der Waals surface area contributed by atoms with Crippen LogP contribution in [-0.4, -0.2) is 5.91 Å². The summed E-state index contributed by atoms with van der Waals surface area (Å²) in [6.45, 7) is 0.484. The van der Waals surface area contributed by atoms with Gasteiger partial charge in [-0.15, -0.1) is 0 Å². The van der Waals surface area contributed by atoms with Gasteiger partial charge in [0.15, 0.2) is 5.54 Å². The molecule has 0 unspecified atom stereocenters. The third-order valence-corrected chi connectivity index (χ3v) is 5.11. The van der Waals surface area contributed by atoms with Crippen LogP contribution in [0.1, 0.15) is 24.0 Å². The van der Waals surface area contributed by atoms with Gasteiger partial charge in [-0.05, 0) is 41.8 Å². The summed E-state index contributed by atoms with van der Waals surface area (Å²) >= 11 is 0. The standard InChI is InChI=1S/C24H20N2O2/c25-18-24(16-15-23(27)26(24)21-9-5-2-6-10-21)20-11-13-22(14-12-20)28-17-19-7-3-1-4-8-19/h1-14H,15-17H2/t24-/m1/s1. The van der Waals surface area contributed by atoms with Gasteiger partial charge < -0.3 is 4.74 Å². The molecule has 28 heavy (non-hydrogen) atoms. The largest absolute Gasteiger partial charge is 0.489 e. The number of amides is 1. The number of rotatable bonds is 5. The van der Waals surface area contributed by atoms with Gasteiger partial charge in [0.2, 0.25) is 5.91 Å². The second-order valence-corrected chi connectivity index (χ2v) is 6.84. The second kappa shape index (κ2) is 7.58. The number of hydrogen-bond donors (Lipinski definition) is 0.